The summed E-state index contributed by atoms with van der Waals surface area (Å²) in [5.74, 6) is -4.54. The van der Waals surface area contributed by atoms with Crippen molar-refractivity contribution in [2.45, 2.75) is 77.7 Å². The third-order valence-corrected chi connectivity index (χ3v) is 9.64. The number of hydrogen-bond acceptors (Lipinski definition) is 6. The highest BCUT2D eigenvalue weighted by atomic mass is 19.4. The second-order valence-electron chi connectivity index (χ2n) is 13.1. The van der Waals surface area contributed by atoms with E-state index in [0.29, 0.717) is 41.0 Å². The van der Waals surface area contributed by atoms with Crippen molar-refractivity contribution in [3.63, 3.8) is 0 Å². The summed E-state index contributed by atoms with van der Waals surface area (Å²) in [5.41, 5.74) is 0.708. The Kier molecular flexibility index (Phi) is 10.4. The summed E-state index contributed by atoms with van der Waals surface area (Å²) >= 11 is 0. The van der Waals surface area contributed by atoms with Crippen molar-refractivity contribution in [1.82, 2.24) is 0 Å². The minimum atomic E-state index is -5.17. The number of aryl methyl sites for hydroxylation is 2. The molecule has 0 radical (unpaired) electrons. The maximum absolute atomic E-state index is 14.0. The van der Waals surface area contributed by atoms with Gasteiger partial charge >= 0.3 is 19.5 Å². The number of rotatable bonds is 9. The van der Waals surface area contributed by atoms with Gasteiger partial charge in [0, 0.05) is 7.11 Å². The quantitative estimate of drug-likeness (QED) is 0.121. The Morgan fingerprint density at radius 3 is 2.14 bits per heavy atom. The first-order chi connectivity index (χ1) is 22.9. The van der Waals surface area contributed by atoms with Crippen LogP contribution in [0.15, 0.2) is 47.1 Å². The minimum Gasteiger partial charge on any atom is -0.507 e. The molecule has 0 bridgehead atoms. The number of carbonyl (C=O) groups is 2. The summed E-state index contributed by atoms with van der Waals surface area (Å²) in [4.78, 5) is 28.2. The molecule has 7 nitrogen and oxygen atoms in total. The number of nitrogens with zero attached hydrogens (tertiary/aromatic N) is 1. The lowest BCUT2D eigenvalue weighted by Gasteiger charge is -2.43. The van der Waals surface area contributed by atoms with Crippen LogP contribution in [-0.4, -0.2) is 48.9 Å². The fraction of sp³-hybridized carbons (Fsp3) is 0.486. The lowest BCUT2D eigenvalue weighted by Crippen LogP contribution is -2.46. The Morgan fingerprint density at radius 1 is 0.980 bits per heavy atom. The summed E-state index contributed by atoms with van der Waals surface area (Å²) in [7, 11) is 0.117. The number of allylic oxidation sites excluding steroid dienone is 1. The summed E-state index contributed by atoms with van der Waals surface area (Å²) in [6.07, 6.45) is -6.54. The SMILES string of the molecule is CCC/C(=C\c1cc(C)c(O)c(C)c1)CC[C@H]1OB(O)C[C@H]2C1=C(COC)C[C@H]1C(=O)N(c3cc(C(F)(F)F)cc(C(F)(F)F)c3)C(=O)[C@H]12. The van der Waals surface area contributed by atoms with Crippen molar-refractivity contribution in [1.29, 1.82) is 0 Å². The Hall–Kier alpha value is -3.62. The van der Waals surface area contributed by atoms with Crippen LogP contribution in [-0.2, 0) is 31.3 Å². The van der Waals surface area contributed by atoms with E-state index in [9.17, 15) is 46.1 Å². The number of amides is 2. The van der Waals surface area contributed by atoms with Crippen molar-refractivity contribution in [2.24, 2.45) is 17.8 Å². The van der Waals surface area contributed by atoms with Crippen molar-refractivity contribution < 1.29 is 55.5 Å². The number of aromatic hydroxyl groups is 1. The van der Waals surface area contributed by atoms with Crippen LogP contribution in [0.1, 0.15) is 66.8 Å². The van der Waals surface area contributed by atoms with Crippen LogP contribution in [0.2, 0.25) is 6.32 Å². The summed E-state index contributed by atoms with van der Waals surface area (Å²) < 4.78 is 93.5. The molecule has 5 rings (SSSR count). The van der Waals surface area contributed by atoms with Crippen LogP contribution in [0.4, 0.5) is 32.0 Å². The number of benzene rings is 2. The molecule has 264 valence electrons. The van der Waals surface area contributed by atoms with E-state index in [2.05, 4.69) is 0 Å². The molecule has 2 aromatic carbocycles. The van der Waals surface area contributed by atoms with Crippen LogP contribution in [0.5, 0.6) is 5.75 Å². The van der Waals surface area contributed by atoms with Gasteiger partial charge in [-0.2, -0.15) is 26.3 Å². The number of alkyl halides is 6. The Balaban J connectivity index is 1.49. The van der Waals surface area contributed by atoms with Gasteiger partial charge in [0.2, 0.25) is 11.8 Å². The van der Waals surface area contributed by atoms with Crippen LogP contribution in [0.3, 0.4) is 0 Å². The number of hydrogen-bond donors (Lipinski definition) is 2. The number of phenols is 1. The zero-order chi connectivity index (χ0) is 36.0. The highest BCUT2D eigenvalue weighted by Crippen LogP contribution is 2.52. The molecule has 2 saturated heterocycles. The van der Waals surface area contributed by atoms with Gasteiger partial charge in [-0.3, -0.25) is 9.59 Å². The van der Waals surface area contributed by atoms with Gasteiger partial charge in [-0.25, -0.2) is 4.90 Å². The number of carbonyl (C=O) groups excluding carboxylic acids is 2. The van der Waals surface area contributed by atoms with Crippen molar-refractivity contribution >= 4 is 30.7 Å². The number of methoxy groups -OCH3 is 1. The predicted molar refractivity (Wildman–Crippen MR) is 170 cm³/mol. The number of imide groups is 1. The van der Waals surface area contributed by atoms with Crippen molar-refractivity contribution in [3.05, 3.63) is 74.9 Å². The smallest absolute Gasteiger partial charge is 0.455 e. The maximum atomic E-state index is 14.0. The predicted octanol–water partition coefficient (Wildman–Crippen LogP) is 7.66. The zero-order valence-corrected chi connectivity index (χ0v) is 27.5. The summed E-state index contributed by atoms with van der Waals surface area (Å²) in [6.45, 7) is 5.72. The topological polar surface area (TPSA) is 96.3 Å². The van der Waals surface area contributed by atoms with E-state index in [4.69, 9.17) is 9.39 Å². The molecule has 2 amide bonds. The first kappa shape index (κ1) is 36.7. The van der Waals surface area contributed by atoms with E-state index >= 15 is 0 Å². The van der Waals surface area contributed by atoms with E-state index in [0.717, 1.165) is 35.1 Å². The largest absolute Gasteiger partial charge is 0.507 e. The standard InChI is InChI=1S/C35H38BF6NO6/c1-5-6-20(11-21-9-18(2)31(44)19(3)10-21)7-8-28-29-22(17-48-4)12-26-30(27(29)16-36(47)49-28)33(46)43(32(26)45)25-14-23(34(37,38)39)13-24(15-25)35(40,41)42/h9-11,13-15,26-28,30,44,47H,5-8,12,16-17H2,1-4H3/b20-11+/t26-,27+,28-,30-/m1/s1. The van der Waals surface area contributed by atoms with E-state index in [1.807, 2.05) is 39.0 Å². The molecule has 2 aliphatic heterocycles. The zero-order valence-electron chi connectivity index (χ0n) is 27.5. The van der Waals surface area contributed by atoms with Gasteiger partial charge in [-0.15, -0.1) is 0 Å². The fourth-order valence-corrected chi connectivity index (χ4v) is 7.61. The lowest BCUT2D eigenvalue weighted by atomic mass is 9.58. The first-order valence-electron chi connectivity index (χ1n) is 16.2. The van der Waals surface area contributed by atoms with Crippen LogP contribution in [0, 0.1) is 31.6 Å². The van der Waals surface area contributed by atoms with E-state index in [1.165, 1.54) is 7.11 Å². The number of anilines is 1. The molecule has 2 heterocycles. The van der Waals surface area contributed by atoms with Gasteiger partial charge in [0.1, 0.15) is 5.75 Å². The molecule has 0 saturated carbocycles. The Morgan fingerprint density at radius 2 is 1.59 bits per heavy atom. The van der Waals surface area contributed by atoms with Gasteiger partial charge in [0.05, 0.1) is 41.4 Å². The molecule has 49 heavy (non-hydrogen) atoms. The third kappa shape index (κ3) is 7.46. The van der Waals surface area contributed by atoms with Crippen LogP contribution >= 0.6 is 0 Å². The van der Waals surface area contributed by atoms with Crippen LogP contribution in [0.25, 0.3) is 6.08 Å². The van der Waals surface area contributed by atoms with E-state index < -0.39 is 72.0 Å². The second kappa shape index (κ2) is 14.0. The van der Waals surface area contributed by atoms with E-state index in [1.54, 1.807) is 0 Å². The second-order valence-corrected chi connectivity index (χ2v) is 13.1. The number of fused-ring (bicyclic) bond motifs is 3. The summed E-state index contributed by atoms with van der Waals surface area (Å²) in [6, 6.07) is 4.47. The molecule has 3 aliphatic rings. The van der Waals surface area contributed by atoms with Gasteiger partial charge in [-0.1, -0.05) is 25.0 Å². The first-order valence-corrected chi connectivity index (χ1v) is 16.2. The minimum absolute atomic E-state index is 0.00379. The summed E-state index contributed by atoms with van der Waals surface area (Å²) in [5, 5.41) is 21.1. The Labute approximate surface area is 280 Å². The number of phenolic OH excluding ortho intramolecular Hbond substituents is 1. The molecule has 0 aromatic heterocycles. The van der Waals surface area contributed by atoms with Crippen molar-refractivity contribution in [2.75, 3.05) is 18.6 Å². The van der Waals surface area contributed by atoms with Crippen LogP contribution < -0.4 is 4.90 Å². The molecule has 0 spiro atoms. The average Bonchev–Trinajstić information content (AvgIpc) is 3.26. The molecular formula is C35H38BF6NO6. The van der Waals surface area contributed by atoms with Gasteiger partial charge < -0.3 is 19.5 Å². The molecule has 2 aromatic rings. The van der Waals surface area contributed by atoms with Gasteiger partial charge in [0.15, 0.2) is 0 Å². The van der Waals surface area contributed by atoms with Crippen molar-refractivity contribution in [3.8, 4) is 5.75 Å². The average molecular weight is 693 g/mol. The highest BCUT2D eigenvalue weighted by molar-refractivity contribution is 6.43. The normalized spacial score (nSPS) is 23.4. The number of ether oxygens (including phenoxy) is 1. The van der Waals surface area contributed by atoms with E-state index in [-0.39, 0.29) is 31.2 Å². The highest BCUT2D eigenvalue weighted by Gasteiger charge is 2.58. The van der Waals surface area contributed by atoms with Gasteiger partial charge in [0.25, 0.3) is 0 Å². The third-order valence-electron chi connectivity index (χ3n) is 9.64. The number of halogens is 6. The maximum Gasteiger partial charge on any atom is 0.455 e. The molecule has 2 N–H and O–H groups in total. The molecule has 1 aliphatic carbocycles. The molecule has 0 unspecified atom stereocenters. The molecule has 14 heteroatoms. The van der Waals surface area contributed by atoms with Gasteiger partial charge in [-0.05, 0) is 110 Å². The molecular weight excluding hydrogens is 655 g/mol. The lowest BCUT2D eigenvalue weighted by molar-refractivity contribution is -0.143. The molecule has 2 fully saturated rings. The Bertz CT molecular complexity index is 1630. The molecule has 4 atom stereocenters. The fourth-order valence-electron chi connectivity index (χ4n) is 7.61. The monoisotopic (exact) mass is 693 g/mol.